The molecule has 2 aromatic carbocycles. The van der Waals surface area contributed by atoms with E-state index < -0.39 is 24.1 Å². The maximum atomic E-state index is 12.3. The lowest BCUT2D eigenvalue weighted by Gasteiger charge is -2.24. The number of rotatable bonds is 7. The van der Waals surface area contributed by atoms with E-state index in [1.54, 1.807) is 38.1 Å². The van der Waals surface area contributed by atoms with E-state index in [4.69, 9.17) is 21.1 Å². The Balaban J connectivity index is 1.85. The Bertz CT molecular complexity index is 783. The van der Waals surface area contributed by atoms with Gasteiger partial charge in [-0.05, 0) is 61.7 Å². The summed E-state index contributed by atoms with van der Waals surface area (Å²) >= 11 is 5.83. The predicted octanol–water partition coefficient (Wildman–Crippen LogP) is 4.80. The molecule has 0 aromatic heterocycles. The van der Waals surface area contributed by atoms with Crippen LogP contribution in [0.3, 0.4) is 0 Å². The van der Waals surface area contributed by atoms with Crippen molar-refractivity contribution in [2.24, 2.45) is 0 Å². The second-order valence-corrected chi connectivity index (χ2v) is 7.40. The number of hydrogen-bond acceptors (Lipinski definition) is 4. The van der Waals surface area contributed by atoms with Crippen molar-refractivity contribution in [1.29, 1.82) is 0 Å². The Morgan fingerprint density at radius 1 is 1.04 bits per heavy atom. The molecular weight excluding hydrogens is 366 g/mol. The van der Waals surface area contributed by atoms with Crippen LogP contribution in [0.25, 0.3) is 0 Å². The fraction of sp³-hybridized carbons (Fsp3) is 0.333. The van der Waals surface area contributed by atoms with E-state index in [2.05, 4.69) is 19.2 Å². The van der Waals surface area contributed by atoms with Crippen LogP contribution in [0.15, 0.2) is 48.5 Å². The highest BCUT2D eigenvalue weighted by Crippen LogP contribution is 2.22. The van der Waals surface area contributed by atoms with Crippen molar-refractivity contribution in [1.82, 2.24) is 0 Å². The smallest absolute Gasteiger partial charge is 0.350 e. The third kappa shape index (κ3) is 6.29. The summed E-state index contributed by atoms with van der Waals surface area (Å²) in [5.41, 5.74) is 0.588. The molecule has 0 bridgehead atoms. The number of anilines is 1. The number of amides is 1. The van der Waals surface area contributed by atoms with Gasteiger partial charge in [0.2, 0.25) is 0 Å². The van der Waals surface area contributed by atoms with Gasteiger partial charge in [0.05, 0.1) is 0 Å². The number of carbonyl (C=O) groups is 2. The number of nitrogens with one attached hydrogen (secondary N) is 1. The molecule has 5 nitrogen and oxygen atoms in total. The fourth-order valence-corrected chi connectivity index (χ4v) is 2.42. The van der Waals surface area contributed by atoms with Crippen LogP contribution in [0.4, 0.5) is 5.69 Å². The number of hydrogen-bond donors (Lipinski definition) is 1. The lowest BCUT2D eigenvalue weighted by Crippen LogP contribution is -2.41. The summed E-state index contributed by atoms with van der Waals surface area (Å²) in [6, 6.07) is 14.2. The molecule has 0 aliphatic heterocycles. The van der Waals surface area contributed by atoms with Crippen molar-refractivity contribution < 1.29 is 19.1 Å². The van der Waals surface area contributed by atoms with Gasteiger partial charge in [-0.3, -0.25) is 4.79 Å². The van der Waals surface area contributed by atoms with E-state index >= 15 is 0 Å². The van der Waals surface area contributed by atoms with Crippen LogP contribution >= 0.6 is 11.6 Å². The minimum atomic E-state index is -1.24. The first kappa shape index (κ1) is 20.8. The minimum Gasteiger partial charge on any atom is -0.476 e. The van der Waals surface area contributed by atoms with E-state index in [1.807, 2.05) is 24.3 Å². The van der Waals surface area contributed by atoms with Gasteiger partial charge in [-0.1, -0.05) is 37.6 Å². The topological polar surface area (TPSA) is 64.6 Å². The number of carbonyl (C=O) groups excluding carboxylic acids is 2. The van der Waals surface area contributed by atoms with Crippen LogP contribution in [0.5, 0.6) is 5.75 Å². The Kier molecular flexibility index (Phi) is 6.86. The Morgan fingerprint density at radius 3 is 2.19 bits per heavy atom. The lowest BCUT2D eigenvalue weighted by atomic mass is 10.0. The van der Waals surface area contributed by atoms with Gasteiger partial charge in [-0.15, -0.1) is 0 Å². The van der Waals surface area contributed by atoms with Crippen LogP contribution in [0.2, 0.25) is 5.02 Å². The molecule has 0 radical (unpaired) electrons. The number of ether oxygens (including phenoxy) is 2. The van der Waals surface area contributed by atoms with Crippen molar-refractivity contribution in [3.05, 3.63) is 59.1 Å². The van der Waals surface area contributed by atoms with Crippen molar-refractivity contribution in [3.63, 3.8) is 0 Å². The highest BCUT2D eigenvalue weighted by molar-refractivity contribution is 6.30. The van der Waals surface area contributed by atoms with Crippen molar-refractivity contribution in [3.8, 4) is 5.75 Å². The largest absolute Gasteiger partial charge is 0.476 e. The Hall–Kier alpha value is -2.53. The van der Waals surface area contributed by atoms with Gasteiger partial charge < -0.3 is 14.8 Å². The van der Waals surface area contributed by atoms with Gasteiger partial charge in [0.15, 0.2) is 12.2 Å². The predicted molar refractivity (Wildman–Crippen MR) is 106 cm³/mol. The van der Waals surface area contributed by atoms with Crippen LogP contribution < -0.4 is 10.1 Å². The van der Waals surface area contributed by atoms with Crippen molar-refractivity contribution >= 4 is 29.2 Å². The second-order valence-electron chi connectivity index (χ2n) is 6.97. The first-order valence-corrected chi connectivity index (χ1v) is 9.07. The van der Waals surface area contributed by atoms with E-state index in [9.17, 15) is 9.59 Å². The van der Waals surface area contributed by atoms with Crippen LogP contribution in [0.1, 0.15) is 39.2 Å². The van der Waals surface area contributed by atoms with Crippen LogP contribution in [0, 0.1) is 0 Å². The molecule has 2 rings (SSSR count). The molecule has 0 atom stereocenters. The van der Waals surface area contributed by atoms with Crippen molar-refractivity contribution in [2.45, 2.75) is 39.2 Å². The maximum Gasteiger partial charge on any atom is 0.350 e. The Labute approximate surface area is 164 Å². The quantitative estimate of drug-likeness (QED) is 0.690. The van der Waals surface area contributed by atoms with Crippen LogP contribution in [-0.2, 0) is 14.3 Å². The van der Waals surface area contributed by atoms with Gasteiger partial charge in [0, 0.05) is 10.7 Å². The molecule has 1 N–H and O–H groups in total. The standard InChI is InChI=1S/C21H24ClNO4/c1-14(2)15-5-9-17(10-6-15)23-19(24)13-26-20(25)21(3,4)27-18-11-7-16(22)8-12-18/h5-12,14H,13H2,1-4H3,(H,23,24). The molecule has 0 saturated heterocycles. The molecule has 0 aliphatic carbocycles. The maximum absolute atomic E-state index is 12.3. The third-order valence-electron chi connectivity index (χ3n) is 3.87. The molecule has 6 heteroatoms. The molecular formula is C21H24ClNO4. The zero-order valence-corrected chi connectivity index (χ0v) is 16.7. The summed E-state index contributed by atoms with van der Waals surface area (Å²) in [5, 5.41) is 3.27. The summed E-state index contributed by atoms with van der Waals surface area (Å²) in [4.78, 5) is 24.3. The normalized spacial score (nSPS) is 11.2. The molecule has 2 aromatic rings. The molecule has 0 saturated carbocycles. The average Bonchev–Trinajstić information content (AvgIpc) is 2.62. The van der Waals surface area contributed by atoms with Gasteiger partial charge >= 0.3 is 5.97 Å². The first-order valence-electron chi connectivity index (χ1n) is 8.69. The molecule has 144 valence electrons. The number of esters is 1. The van der Waals surface area contributed by atoms with E-state index in [0.717, 1.165) is 0 Å². The van der Waals surface area contributed by atoms with Crippen molar-refractivity contribution in [2.75, 3.05) is 11.9 Å². The molecule has 0 aliphatic rings. The average molecular weight is 390 g/mol. The lowest BCUT2D eigenvalue weighted by molar-refractivity contribution is -0.161. The first-order chi connectivity index (χ1) is 12.7. The third-order valence-corrected chi connectivity index (χ3v) is 4.13. The molecule has 0 fully saturated rings. The monoisotopic (exact) mass is 389 g/mol. The summed E-state index contributed by atoms with van der Waals surface area (Å²) in [5.74, 6) is -0.152. The Morgan fingerprint density at radius 2 is 1.63 bits per heavy atom. The van der Waals surface area contributed by atoms with Crippen LogP contribution in [-0.4, -0.2) is 24.1 Å². The molecule has 0 unspecified atom stereocenters. The molecule has 0 heterocycles. The molecule has 1 amide bonds. The number of halogens is 1. The summed E-state index contributed by atoms with van der Waals surface area (Å²) in [6.07, 6.45) is 0. The summed E-state index contributed by atoms with van der Waals surface area (Å²) < 4.78 is 10.7. The van der Waals surface area contributed by atoms with E-state index in [0.29, 0.717) is 22.4 Å². The van der Waals surface area contributed by atoms with Gasteiger partial charge in [-0.25, -0.2) is 4.79 Å². The zero-order valence-electron chi connectivity index (χ0n) is 15.9. The van der Waals surface area contributed by atoms with E-state index in [1.165, 1.54) is 5.56 Å². The molecule has 27 heavy (non-hydrogen) atoms. The zero-order chi connectivity index (χ0) is 20.0. The second kappa shape index (κ2) is 8.91. The highest BCUT2D eigenvalue weighted by Gasteiger charge is 2.32. The van der Waals surface area contributed by atoms with Gasteiger partial charge in [0.25, 0.3) is 5.91 Å². The van der Waals surface area contributed by atoms with Gasteiger partial charge in [0.1, 0.15) is 5.75 Å². The summed E-state index contributed by atoms with van der Waals surface area (Å²) in [7, 11) is 0. The molecule has 0 spiro atoms. The van der Waals surface area contributed by atoms with E-state index in [-0.39, 0.29) is 0 Å². The highest BCUT2D eigenvalue weighted by atomic mass is 35.5. The minimum absolute atomic E-state index is 0.391. The SMILES string of the molecule is CC(C)c1ccc(NC(=O)COC(=O)C(C)(C)Oc2ccc(Cl)cc2)cc1. The number of benzene rings is 2. The fourth-order valence-electron chi connectivity index (χ4n) is 2.29. The summed E-state index contributed by atoms with van der Waals surface area (Å²) in [6.45, 7) is 6.96. The van der Waals surface area contributed by atoms with Gasteiger partial charge in [-0.2, -0.15) is 0 Å².